The third kappa shape index (κ3) is 3.67. The van der Waals surface area contributed by atoms with E-state index in [-0.39, 0.29) is 12.0 Å². The standard InChI is InChI=1S/C16H16BrN3O2S/c1-23-15-12(4-2-8-19-15)16(21)20-9-6-11(10-20)22-14-13(17)5-3-7-18-14/h2-5,7-8,11H,6,9-10H2,1H3. The van der Waals surface area contributed by atoms with Crippen LogP contribution in [0.25, 0.3) is 0 Å². The molecule has 0 saturated carbocycles. The number of carbonyl (C=O) groups excluding carboxylic acids is 1. The van der Waals surface area contributed by atoms with Gasteiger partial charge >= 0.3 is 0 Å². The fourth-order valence-corrected chi connectivity index (χ4v) is 3.40. The van der Waals surface area contributed by atoms with Gasteiger partial charge in [-0.3, -0.25) is 4.79 Å². The van der Waals surface area contributed by atoms with Gasteiger partial charge in [0.15, 0.2) is 0 Å². The van der Waals surface area contributed by atoms with Crippen molar-refractivity contribution in [3.8, 4) is 5.88 Å². The van der Waals surface area contributed by atoms with E-state index in [4.69, 9.17) is 4.74 Å². The molecule has 0 aliphatic carbocycles. The zero-order chi connectivity index (χ0) is 16.2. The van der Waals surface area contributed by atoms with Gasteiger partial charge in [0.2, 0.25) is 5.88 Å². The molecule has 1 amide bonds. The summed E-state index contributed by atoms with van der Waals surface area (Å²) in [6.45, 7) is 1.24. The first-order valence-corrected chi connectivity index (χ1v) is 9.26. The van der Waals surface area contributed by atoms with Gasteiger partial charge in [-0.25, -0.2) is 9.97 Å². The second-order valence-electron chi connectivity index (χ2n) is 5.13. The highest BCUT2D eigenvalue weighted by Crippen LogP contribution is 2.26. The zero-order valence-corrected chi connectivity index (χ0v) is 15.0. The number of thioether (sulfide) groups is 1. The fraction of sp³-hybridized carbons (Fsp3) is 0.312. The number of hydrogen-bond acceptors (Lipinski definition) is 5. The molecule has 0 radical (unpaired) electrons. The first-order valence-electron chi connectivity index (χ1n) is 7.24. The SMILES string of the molecule is CSc1ncccc1C(=O)N1CCC(Oc2ncccc2Br)C1. The molecule has 2 aromatic rings. The van der Waals surface area contributed by atoms with Crippen LogP contribution in [-0.4, -0.2) is 46.2 Å². The van der Waals surface area contributed by atoms with Gasteiger partial charge in [-0.1, -0.05) is 0 Å². The third-order valence-electron chi connectivity index (χ3n) is 3.63. The maximum atomic E-state index is 12.7. The summed E-state index contributed by atoms with van der Waals surface area (Å²) in [6.07, 6.45) is 6.08. The van der Waals surface area contributed by atoms with E-state index in [1.165, 1.54) is 11.8 Å². The predicted molar refractivity (Wildman–Crippen MR) is 92.9 cm³/mol. The zero-order valence-electron chi connectivity index (χ0n) is 12.6. The monoisotopic (exact) mass is 393 g/mol. The molecule has 5 nitrogen and oxygen atoms in total. The summed E-state index contributed by atoms with van der Waals surface area (Å²) in [5.74, 6) is 0.576. The molecule has 0 bridgehead atoms. The van der Waals surface area contributed by atoms with Gasteiger partial charge in [-0.15, -0.1) is 11.8 Å². The van der Waals surface area contributed by atoms with Crippen molar-refractivity contribution in [1.29, 1.82) is 0 Å². The Morgan fingerprint density at radius 2 is 2.13 bits per heavy atom. The summed E-state index contributed by atoms with van der Waals surface area (Å²) >= 11 is 4.91. The van der Waals surface area contributed by atoms with Crippen molar-refractivity contribution in [2.45, 2.75) is 17.6 Å². The molecule has 3 rings (SSSR count). The van der Waals surface area contributed by atoms with Crippen molar-refractivity contribution in [1.82, 2.24) is 14.9 Å². The molecule has 1 unspecified atom stereocenters. The van der Waals surface area contributed by atoms with Crippen LogP contribution in [0.4, 0.5) is 0 Å². The van der Waals surface area contributed by atoms with Gasteiger partial charge < -0.3 is 9.64 Å². The topological polar surface area (TPSA) is 55.3 Å². The van der Waals surface area contributed by atoms with Crippen LogP contribution in [0.15, 0.2) is 46.2 Å². The van der Waals surface area contributed by atoms with E-state index in [9.17, 15) is 4.79 Å². The van der Waals surface area contributed by atoms with E-state index in [1.54, 1.807) is 18.5 Å². The van der Waals surface area contributed by atoms with Crippen LogP contribution in [-0.2, 0) is 0 Å². The lowest BCUT2D eigenvalue weighted by molar-refractivity contribution is 0.0766. The van der Waals surface area contributed by atoms with Crippen molar-refractivity contribution in [2.75, 3.05) is 19.3 Å². The maximum absolute atomic E-state index is 12.7. The van der Waals surface area contributed by atoms with Crippen molar-refractivity contribution in [3.63, 3.8) is 0 Å². The minimum absolute atomic E-state index is 0.00800. The van der Waals surface area contributed by atoms with Crippen molar-refractivity contribution < 1.29 is 9.53 Å². The molecule has 0 aromatic carbocycles. The number of ether oxygens (including phenoxy) is 1. The van der Waals surface area contributed by atoms with Gasteiger partial charge in [-0.2, -0.15) is 0 Å². The van der Waals surface area contributed by atoms with E-state index in [2.05, 4.69) is 25.9 Å². The lowest BCUT2D eigenvalue weighted by Crippen LogP contribution is -2.31. The Labute approximate surface area is 147 Å². The van der Waals surface area contributed by atoms with E-state index in [0.29, 0.717) is 24.5 Å². The Morgan fingerprint density at radius 3 is 2.91 bits per heavy atom. The molecular weight excluding hydrogens is 378 g/mol. The Hall–Kier alpha value is -1.60. The molecule has 3 heterocycles. The van der Waals surface area contributed by atoms with Gasteiger partial charge in [0, 0.05) is 25.4 Å². The normalized spacial score (nSPS) is 17.3. The Kier molecular flexibility index (Phi) is 5.17. The molecule has 23 heavy (non-hydrogen) atoms. The molecule has 2 aromatic heterocycles. The highest BCUT2D eigenvalue weighted by Gasteiger charge is 2.30. The molecule has 0 spiro atoms. The number of carbonyl (C=O) groups is 1. The molecular formula is C16H16BrN3O2S. The number of likely N-dealkylation sites (tertiary alicyclic amines) is 1. The van der Waals surface area contributed by atoms with Gasteiger partial charge in [0.1, 0.15) is 11.1 Å². The van der Waals surface area contributed by atoms with Crippen LogP contribution in [0, 0.1) is 0 Å². The number of aromatic nitrogens is 2. The van der Waals surface area contributed by atoms with Crippen LogP contribution in [0.3, 0.4) is 0 Å². The summed E-state index contributed by atoms with van der Waals surface area (Å²) in [6, 6.07) is 7.35. The highest BCUT2D eigenvalue weighted by atomic mass is 79.9. The molecule has 1 saturated heterocycles. The number of hydrogen-bond donors (Lipinski definition) is 0. The molecule has 1 fully saturated rings. The molecule has 0 N–H and O–H groups in total. The summed E-state index contributed by atoms with van der Waals surface area (Å²) in [7, 11) is 0. The van der Waals surface area contributed by atoms with Gasteiger partial charge in [-0.05, 0) is 46.5 Å². The van der Waals surface area contributed by atoms with Crippen molar-refractivity contribution in [3.05, 3.63) is 46.7 Å². The molecule has 1 atom stereocenters. The number of rotatable bonds is 4. The third-order valence-corrected chi connectivity index (χ3v) is 4.95. The van der Waals surface area contributed by atoms with Crippen LogP contribution < -0.4 is 4.74 Å². The lowest BCUT2D eigenvalue weighted by atomic mass is 10.2. The molecule has 120 valence electrons. The van der Waals surface area contributed by atoms with E-state index < -0.39 is 0 Å². The van der Waals surface area contributed by atoms with Gasteiger partial charge in [0.25, 0.3) is 5.91 Å². The quantitative estimate of drug-likeness (QED) is 0.746. The smallest absolute Gasteiger partial charge is 0.256 e. The molecule has 1 aliphatic rings. The average Bonchev–Trinajstić information content (AvgIpc) is 3.05. The summed E-state index contributed by atoms with van der Waals surface area (Å²) in [5.41, 5.74) is 0.652. The largest absolute Gasteiger partial charge is 0.472 e. The van der Waals surface area contributed by atoms with Crippen LogP contribution in [0.5, 0.6) is 5.88 Å². The van der Waals surface area contributed by atoms with Crippen LogP contribution in [0.2, 0.25) is 0 Å². The van der Waals surface area contributed by atoms with Crippen LogP contribution >= 0.6 is 27.7 Å². The lowest BCUT2D eigenvalue weighted by Gasteiger charge is -2.18. The molecule has 7 heteroatoms. The number of halogens is 1. The highest BCUT2D eigenvalue weighted by molar-refractivity contribution is 9.10. The minimum atomic E-state index is -0.0421. The predicted octanol–water partition coefficient (Wildman–Crippen LogP) is 3.25. The van der Waals surface area contributed by atoms with E-state index >= 15 is 0 Å². The van der Waals surface area contributed by atoms with Crippen molar-refractivity contribution in [2.24, 2.45) is 0 Å². The minimum Gasteiger partial charge on any atom is -0.472 e. The van der Waals surface area contributed by atoms with Crippen molar-refractivity contribution >= 4 is 33.6 Å². The fourth-order valence-electron chi connectivity index (χ4n) is 2.51. The summed E-state index contributed by atoms with van der Waals surface area (Å²) in [4.78, 5) is 23.0. The Balaban J connectivity index is 1.68. The molecule has 1 aliphatic heterocycles. The maximum Gasteiger partial charge on any atom is 0.256 e. The second kappa shape index (κ2) is 7.31. The second-order valence-corrected chi connectivity index (χ2v) is 6.78. The first-order chi connectivity index (χ1) is 11.2. The number of pyridine rings is 2. The summed E-state index contributed by atoms with van der Waals surface area (Å²) in [5, 5.41) is 0.759. The Morgan fingerprint density at radius 1 is 1.35 bits per heavy atom. The van der Waals surface area contributed by atoms with Crippen LogP contribution in [0.1, 0.15) is 16.8 Å². The average molecular weight is 394 g/mol. The number of nitrogens with zero attached hydrogens (tertiary/aromatic N) is 3. The number of amides is 1. The van der Waals surface area contributed by atoms with Gasteiger partial charge in [0.05, 0.1) is 16.6 Å². The van der Waals surface area contributed by atoms with E-state index in [1.807, 2.05) is 29.4 Å². The first kappa shape index (κ1) is 16.3. The summed E-state index contributed by atoms with van der Waals surface area (Å²) < 4.78 is 6.73. The van der Waals surface area contributed by atoms with E-state index in [0.717, 1.165) is 15.9 Å². The Bertz CT molecular complexity index is 713.